The van der Waals surface area contributed by atoms with Gasteiger partial charge in [-0.1, -0.05) is 42.8 Å². The highest BCUT2D eigenvalue weighted by Gasteiger charge is 2.27. The van der Waals surface area contributed by atoms with Crippen LogP contribution in [-0.4, -0.2) is 28.9 Å². The number of pyridine rings is 1. The first-order valence-corrected chi connectivity index (χ1v) is 11.0. The van der Waals surface area contributed by atoms with Crippen LogP contribution in [0.2, 0.25) is 5.02 Å². The van der Waals surface area contributed by atoms with Gasteiger partial charge in [0, 0.05) is 31.2 Å². The molecule has 1 fully saturated rings. The van der Waals surface area contributed by atoms with Gasteiger partial charge in [0.25, 0.3) is 5.91 Å². The van der Waals surface area contributed by atoms with Crippen molar-refractivity contribution in [1.29, 1.82) is 0 Å². The number of carbonyl (C=O) groups excluding carboxylic acids is 1. The highest BCUT2D eigenvalue weighted by Crippen LogP contribution is 2.32. The van der Waals surface area contributed by atoms with Crippen molar-refractivity contribution in [3.05, 3.63) is 88.5 Å². The third-order valence-electron chi connectivity index (χ3n) is 5.89. The summed E-state index contributed by atoms with van der Waals surface area (Å²) in [5.74, 6) is 0.0197. The van der Waals surface area contributed by atoms with Crippen LogP contribution < -0.4 is 5.32 Å². The van der Waals surface area contributed by atoms with E-state index in [1.54, 1.807) is 12.4 Å². The molecule has 4 nitrogen and oxygen atoms in total. The summed E-state index contributed by atoms with van der Waals surface area (Å²) in [6.07, 6.45) is 5.76. The third-order valence-corrected chi connectivity index (χ3v) is 6.17. The minimum Gasteiger partial charge on any atom is -0.354 e. The van der Waals surface area contributed by atoms with Crippen LogP contribution in [0.4, 0.5) is 15.8 Å². The van der Waals surface area contributed by atoms with Crippen molar-refractivity contribution in [3.8, 4) is 0 Å². The number of amides is 1. The van der Waals surface area contributed by atoms with Gasteiger partial charge < -0.3 is 10.2 Å². The van der Waals surface area contributed by atoms with E-state index in [1.165, 1.54) is 17.7 Å². The van der Waals surface area contributed by atoms with Gasteiger partial charge in [0.1, 0.15) is 5.82 Å². The number of anilines is 2. The maximum absolute atomic E-state index is 13.3. The van der Waals surface area contributed by atoms with Crippen LogP contribution in [0.25, 0.3) is 0 Å². The second-order valence-electron chi connectivity index (χ2n) is 7.84. The van der Waals surface area contributed by atoms with Gasteiger partial charge in [-0.2, -0.15) is 0 Å². The molecule has 6 heteroatoms. The zero-order chi connectivity index (χ0) is 21.8. The third kappa shape index (κ3) is 4.88. The first-order chi connectivity index (χ1) is 15.0. The Morgan fingerprint density at radius 2 is 1.77 bits per heavy atom. The summed E-state index contributed by atoms with van der Waals surface area (Å²) in [7, 11) is 0. The number of aryl methyl sites for hydroxylation is 1. The largest absolute Gasteiger partial charge is 0.354 e. The number of halogens is 2. The predicted octanol–water partition coefficient (Wildman–Crippen LogP) is 6.20. The lowest BCUT2D eigenvalue weighted by molar-refractivity contribution is 0.0713. The number of carbonyl (C=O) groups is 1. The Labute approximate surface area is 187 Å². The maximum Gasteiger partial charge on any atom is 0.257 e. The second kappa shape index (κ2) is 9.48. The van der Waals surface area contributed by atoms with Crippen molar-refractivity contribution in [1.82, 2.24) is 9.88 Å². The van der Waals surface area contributed by atoms with E-state index in [2.05, 4.69) is 29.4 Å². The van der Waals surface area contributed by atoms with Gasteiger partial charge in [0.2, 0.25) is 0 Å². The molecule has 0 spiro atoms. The number of aromatic nitrogens is 1. The number of rotatable bonds is 5. The van der Waals surface area contributed by atoms with Crippen LogP contribution in [0, 0.1) is 5.82 Å². The highest BCUT2D eigenvalue weighted by atomic mass is 35.5. The molecule has 1 amide bonds. The second-order valence-corrected chi connectivity index (χ2v) is 8.24. The maximum atomic E-state index is 13.3. The number of likely N-dealkylation sites (tertiary alicyclic amines) is 1. The summed E-state index contributed by atoms with van der Waals surface area (Å²) < 4.78 is 13.2. The fraction of sp³-hybridized carbons (Fsp3) is 0.280. The van der Waals surface area contributed by atoms with Crippen molar-refractivity contribution in [2.24, 2.45) is 0 Å². The number of nitrogens with one attached hydrogen (secondary N) is 1. The summed E-state index contributed by atoms with van der Waals surface area (Å²) >= 11 is 6.41. The molecule has 31 heavy (non-hydrogen) atoms. The molecule has 0 bridgehead atoms. The Hall–Kier alpha value is -2.92. The molecule has 160 valence electrons. The number of piperidine rings is 1. The van der Waals surface area contributed by atoms with Crippen LogP contribution in [0.15, 0.2) is 60.9 Å². The number of nitrogens with zero attached hydrogens (tertiary/aromatic N) is 2. The number of hydrogen-bond acceptors (Lipinski definition) is 3. The molecule has 2 heterocycles. The van der Waals surface area contributed by atoms with Gasteiger partial charge in [-0.05, 0) is 60.6 Å². The van der Waals surface area contributed by atoms with Crippen LogP contribution >= 0.6 is 11.6 Å². The molecular formula is C25H25ClFN3O. The summed E-state index contributed by atoms with van der Waals surface area (Å²) in [6.45, 7) is 3.38. The summed E-state index contributed by atoms with van der Waals surface area (Å²) in [6, 6.07) is 14.7. The Balaban J connectivity index is 1.48. The molecular weight excluding hydrogens is 413 g/mol. The van der Waals surface area contributed by atoms with Crippen LogP contribution in [0.3, 0.4) is 0 Å². The lowest BCUT2D eigenvalue weighted by Gasteiger charge is -2.32. The molecule has 1 aliphatic heterocycles. The van der Waals surface area contributed by atoms with E-state index in [9.17, 15) is 9.18 Å². The van der Waals surface area contributed by atoms with E-state index in [4.69, 9.17) is 11.6 Å². The van der Waals surface area contributed by atoms with E-state index < -0.39 is 0 Å². The first kappa shape index (κ1) is 21.3. The van der Waals surface area contributed by atoms with Gasteiger partial charge in [0.05, 0.1) is 16.3 Å². The van der Waals surface area contributed by atoms with E-state index in [0.717, 1.165) is 30.5 Å². The van der Waals surface area contributed by atoms with Crippen molar-refractivity contribution in [2.45, 2.75) is 32.1 Å². The van der Waals surface area contributed by atoms with E-state index in [1.807, 2.05) is 29.2 Å². The van der Waals surface area contributed by atoms with Gasteiger partial charge in [-0.25, -0.2) is 4.39 Å². The Bertz CT molecular complexity index is 1050. The lowest BCUT2D eigenvalue weighted by Crippen LogP contribution is -2.38. The van der Waals surface area contributed by atoms with E-state index in [0.29, 0.717) is 35.3 Å². The normalized spacial score (nSPS) is 14.5. The molecule has 0 radical (unpaired) electrons. The van der Waals surface area contributed by atoms with Crippen molar-refractivity contribution in [3.63, 3.8) is 0 Å². The lowest BCUT2D eigenvalue weighted by atomic mass is 9.89. The van der Waals surface area contributed by atoms with Gasteiger partial charge in [-0.15, -0.1) is 0 Å². The van der Waals surface area contributed by atoms with E-state index >= 15 is 0 Å². The average Bonchev–Trinajstić information content (AvgIpc) is 2.81. The Morgan fingerprint density at radius 1 is 1.10 bits per heavy atom. The van der Waals surface area contributed by atoms with Gasteiger partial charge in [-0.3, -0.25) is 9.78 Å². The smallest absolute Gasteiger partial charge is 0.257 e. The molecule has 1 N–H and O–H groups in total. The van der Waals surface area contributed by atoms with Gasteiger partial charge in [0.15, 0.2) is 0 Å². The molecule has 1 aliphatic rings. The van der Waals surface area contributed by atoms with Crippen LogP contribution in [0.5, 0.6) is 0 Å². The number of hydrogen-bond donors (Lipinski definition) is 1. The first-order valence-electron chi connectivity index (χ1n) is 10.6. The molecule has 1 saturated heterocycles. The molecule has 4 rings (SSSR count). The summed E-state index contributed by atoms with van der Waals surface area (Å²) in [5.41, 5.74) is 4.27. The number of benzene rings is 2. The minimum atomic E-state index is -0.228. The molecule has 0 saturated carbocycles. The van der Waals surface area contributed by atoms with Crippen molar-refractivity contribution < 1.29 is 9.18 Å². The van der Waals surface area contributed by atoms with Crippen LogP contribution in [0.1, 0.15) is 47.2 Å². The predicted molar refractivity (Wildman–Crippen MR) is 123 cm³/mol. The SMILES string of the molecule is CCc1ccc(Nc2c(Cl)cncc2C(=O)N2CCC(c3ccc(F)cc3)CC2)cc1. The van der Waals surface area contributed by atoms with Gasteiger partial charge >= 0.3 is 0 Å². The molecule has 1 aromatic heterocycles. The summed E-state index contributed by atoms with van der Waals surface area (Å²) in [4.78, 5) is 19.3. The summed E-state index contributed by atoms with van der Waals surface area (Å²) in [5, 5.41) is 3.71. The van der Waals surface area contributed by atoms with E-state index in [-0.39, 0.29) is 11.7 Å². The van der Waals surface area contributed by atoms with Crippen LogP contribution in [-0.2, 0) is 6.42 Å². The fourth-order valence-electron chi connectivity index (χ4n) is 4.01. The monoisotopic (exact) mass is 437 g/mol. The zero-order valence-electron chi connectivity index (χ0n) is 17.4. The molecule has 0 unspecified atom stereocenters. The quantitative estimate of drug-likeness (QED) is 0.516. The zero-order valence-corrected chi connectivity index (χ0v) is 18.2. The molecule has 2 aromatic carbocycles. The molecule has 0 atom stereocenters. The average molecular weight is 438 g/mol. The highest BCUT2D eigenvalue weighted by molar-refractivity contribution is 6.34. The minimum absolute atomic E-state index is 0.0831. The fourth-order valence-corrected chi connectivity index (χ4v) is 4.22. The van der Waals surface area contributed by atoms with Crippen molar-refractivity contribution >= 4 is 28.9 Å². The topological polar surface area (TPSA) is 45.2 Å². The standard InChI is InChI=1S/C25H25ClFN3O/c1-2-17-3-9-21(10-4-17)29-24-22(15-28-16-23(24)26)25(31)30-13-11-19(12-14-30)18-5-7-20(27)8-6-18/h3-10,15-16,19H,2,11-14H2,1H3,(H,28,29). The molecule has 3 aromatic rings. The Kier molecular flexibility index (Phi) is 6.52. The van der Waals surface area contributed by atoms with Crippen molar-refractivity contribution in [2.75, 3.05) is 18.4 Å². The molecule has 0 aliphatic carbocycles. The Morgan fingerprint density at radius 3 is 2.42 bits per heavy atom.